The molecule has 0 saturated carbocycles. The van der Waals surface area contributed by atoms with Gasteiger partial charge < -0.3 is 9.64 Å². The number of ketones is 1. The number of thiazole rings is 1. The number of hydrogen-bond acceptors (Lipinski definition) is 9. The van der Waals surface area contributed by atoms with E-state index < -0.39 is 0 Å². The lowest BCUT2D eigenvalue weighted by atomic mass is 10.1. The topological polar surface area (TPSA) is 94.0 Å². The lowest BCUT2D eigenvalue weighted by molar-refractivity contribution is -0.117. The number of likely N-dealkylation sites (N-methyl/N-ethyl adjacent to an activating group) is 1. The molecule has 0 unspecified atom stereocenters. The van der Waals surface area contributed by atoms with Crippen molar-refractivity contribution in [3.05, 3.63) is 52.9 Å². The van der Waals surface area contributed by atoms with Crippen LogP contribution in [0.25, 0.3) is 21.7 Å². The summed E-state index contributed by atoms with van der Waals surface area (Å²) in [5.41, 5.74) is 6.45. The Kier molecular flexibility index (Phi) is 5.48. The fourth-order valence-corrected chi connectivity index (χ4v) is 4.67. The highest BCUT2D eigenvalue weighted by Crippen LogP contribution is 2.31. The second-order valence-corrected chi connectivity index (χ2v) is 8.71. The smallest absolute Gasteiger partial charge is 0.212 e. The summed E-state index contributed by atoms with van der Waals surface area (Å²) in [4.78, 5) is 37.3. The first kappa shape index (κ1) is 20.4. The van der Waals surface area contributed by atoms with E-state index in [-0.39, 0.29) is 12.3 Å². The first-order valence-corrected chi connectivity index (χ1v) is 11.3. The SMILES string of the molecule is COc1ccc(CC(=O)CN(C)c2nc(-c3cc4scnc4cn3)nc3c2CCC3)cn1. The number of pyridine rings is 2. The Morgan fingerprint density at radius 3 is 2.88 bits per heavy atom. The average Bonchev–Trinajstić information content (AvgIpc) is 3.47. The molecule has 0 amide bonds. The molecule has 162 valence electrons. The number of Topliss-reactive ketones (excluding diaryl/α,β-unsaturated/α-hetero) is 1. The van der Waals surface area contributed by atoms with E-state index in [0.29, 0.717) is 18.1 Å². The van der Waals surface area contributed by atoms with Gasteiger partial charge in [-0.3, -0.25) is 9.78 Å². The predicted octanol–water partition coefficient (Wildman–Crippen LogP) is 3.29. The van der Waals surface area contributed by atoms with Crippen molar-refractivity contribution in [1.82, 2.24) is 24.9 Å². The molecule has 8 nitrogen and oxygen atoms in total. The van der Waals surface area contributed by atoms with Gasteiger partial charge in [-0.1, -0.05) is 6.07 Å². The van der Waals surface area contributed by atoms with Crippen molar-refractivity contribution in [2.24, 2.45) is 0 Å². The van der Waals surface area contributed by atoms with E-state index in [1.165, 1.54) is 0 Å². The van der Waals surface area contributed by atoms with Crippen LogP contribution in [0.4, 0.5) is 5.82 Å². The number of nitrogens with zero attached hydrogens (tertiary/aromatic N) is 6. The monoisotopic (exact) mass is 446 g/mol. The van der Waals surface area contributed by atoms with E-state index in [4.69, 9.17) is 14.7 Å². The minimum absolute atomic E-state index is 0.0931. The second-order valence-electron chi connectivity index (χ2n) is 7.82. The van der Waals surface area contributed by atoms with Crippen LogP contribution in [0.15, 0.2) is 36.1 Å². The summed E-state index contributed by atoms with van der Waals surface area (Å²) < 4.78 is 6.13. The third kappa shape index (κ3) is 4.03. The summed E-state index contributed by atoms with van der Waals surface area (Å²) in [7, 11) is 3.48. The van der Waals surface area contributed by atoms with Crippen LogP contribution in [-0.2, 0) is 24.1 Å². The molecule has 4 aromatic rings. The molecule has 0 saturated heterocycles. The van der Waals surface area contributed by atoms with Crippen molar-refractivity contribution in [2.75, 3.05) is 25.6 Å². The third-order valence-corrected chi connectivity index (χ3v) is 6.33. The van der Waals surface area contributed by atoms with Gasteiger partial charge in [-0.2, -0.15) is 0 Å². The highest BCUT2D eigenvalue weighted by molar-refractivity contribution is 7.16. The van der Waals surface area contributed by atoms with Crippen LogP contribution in [0.3, 0.4) is 0 Å². The molecule has 0 spiro atoms. The zero-order chi connectivity index (χ0) is 22.1. The largest absolute Gasteiger partial charge is 0.481 e. The number of carbonyl (C=O) groups is 1. The molecule has 0 aromatic carbocycles. The van der Waals surface area contributed by atoms with Crippen LogP contribution < -0.4 is 9.64 Å². The van der Waals surface area contributed by atoms with Crippen LogP contribution in [0.2, 0.25) is 0 Å². The Morgan fingerprint density at radius 1 is 1.16 bits per heavy atom. The van der Waals surface area contributed by atoms with Gasteiger partial charge in [0.2, 0.25) is 5.88 Å². The van der Waals surface area contributed by atoms with Crippen LogP contribution in [-0.4, -0.2) is 51.4 Å². The van der Waals surface area contributed by atoms with Crippen molar-refractivity contribution in [3.63, 3.8) is 0 Å². The van der Waals surface area contributed by atoms with Gasteiger partial charge in [-0.15, -0.1) is 11.3 Å². The zero-order valence-electron chi connectivity index (χ0n) is 17.9. The van der Waals surface area contributed by atoms with E-state index in [9.17, 15) is 4.79 Å². The lowest BCUT2D eigenvalue weighted by Crippen LogP contribution is -2.28. The molecule has 0 radical (unpaired) electrons. The van der Waals surface area contributed by atoms with Gasteiger partial charge in [0, 0.05) is 37.0 Å². The number of fused-ring (bicyclic) bond motifs is 2. The van der Waals surface area contributed by atoms with E-state index in [0.717, 1.165) is 57.8 Å². The van der Waals surface area contributed by atoms with Gasteiger partial charge in [0.15, 0.2) is 11.6 Å². The molecule has 4 aromatic heterocycles. The minimum atomic E-state index is 0.0931. The maximum absolute atomic E-state index is 12.8. The van der Waals surface area contributed by atoms with Gasteiger partial charge in [0.05, 0.1) is 35.6 Å². The minimum Gasteiger partial charge on any atom is -0.481 e. The Labute approximate surface area is 189 Å². The summed E-state index contributed by atoms with van der Waals surface area (Å²) in [6, 6.07) is 5.61. The number of aryl methyl sites for hydroxylation is 1. The molecule has 0 aliphatic heterocycles. The number of aromatic nitrogens is 5. The lowest BCUT2D eigenvalue weighted by Gasteiger charge is -2.21. The Hall–Kier alpha value is -3.46. The van der Waals surface area contributed by atoms with Gasteiger partial charge >= 0.3 is 0 Å². The third-order valence-electron chi connectivity index (χ3n) is 5.54. The molecule has 4 heterocycles. The van der Waals surface area contributed by atoms with Crippen molar-refractivity contribution in [1.29, 1.82) is 0 Å². The summed E-state index contributed by atoms with van der Waals surface area (Å²) in [6.45, 7) is 0.260. The number of anilines is 1. The van der Waals surface area contributed by atoms with Crippen molar-refractivity contribution in [3.8, 4) is 17.4 Å². The van der Waals surface area contributed by atoms with E-state index in [1.54, 1.807) is 36.9 Å². The maximum Gasteiger partial charge on any atom is 0.212 e. The van der Waals surface area contributed by atoms with Gasteiger partial charge in [-0.25, -0.2) is 19.9 Å². The first-order valence-electron chi connectivity index (χ1n) is 10.4. The van der Waals surface area contributed by atoms with Crippen molar-refractivity contribution < 1.29 is 9.53 Å². The fourth-order valence-electron chi connectivity index (χ4n) is 3.99. The Balaban J connectivity index is 1.39. The molecule has 32 heavy (non-hydrogen) atoms. The molecular formula is C23H22N6O2S. The Morgan fingerprint density at radius 2 is 2.06 bits per heavy atom. The zero-order valence-corrected chi connectivity index (χ0v) is 18.7. The molecule has 5 rings (SSSR count). The summed E-state index contributed by atoms with van der Waals surface area (Å²) in [5.74, 6) is 2.03. The number of carbonyl (C=O) groups excluding carboxylic acids is 1. The molecule has 0 atom stereocenters. The summed E-state index contributed by atoms with van der Waals surface area (Å²) >= 11 is 1.57. The predicted molar refractivity (Wildman–Crippen MR) is 123 cm³/mol. The Bertz CT molecular complexity index is 1290. The van der Waals surface area contributed by atoms with Gasteiger partial charge in [0.25, 0.3) is 0 Å². The van der Waals surface area contributed by atoms with Crippen LogP contribution in [0, 0.1) is 0 Å². The van der Waals surface area contributed by atoms with E-state index in [1.807, 2.05) is 29.6 Å². The number of rotatable bonds is 7. The van der Waals surface area contributed by atoms with Crippen LogP contribution >= 0.6 is 11.3 Å². The summed E-state index contributed by atoms with van der Waals surface area (Å²) in [5, 5.41) is 0. The van der Waals surface area contributed by atoms with Gasteiger partial charge in [-0.05, 0) is 30.9 Å². The van der Waals surface area contributed by atoms with Crippen molar-refractivity contribution >= 4 is 33.2 Å². The first-order chi connectivity index (χ1) is 15.6. The van der Waals surface area contributed by atoms with Crippen LogP contribution in [0.1, 0.15) is 23.2 Å². The molecular weight excluding hydrogens is 424 g/mol. The maximum atomic E-state index is 12.8. The standard InChI is InChI=1S/C23H22N6O2S/c1-29(12-15(30)8-14-6-7-21(31-2)25-10-14)23-16-4-3-5-17(16)27-22(28-23)18-9-20-19(11-24-18)26-13-32-20/h6-7,9-11,13H,3-5,8,12H2,1-2H3. The molecule has 1 aliphatic carbocycles. The summed E-state index contributed by atoms with van der Waals surface area (Å²) in [6.07, 6.45) is 6.63. The van der Waals surface area contributed by atoms with Gasteiger partial charge in [0.1, 0.15) is 11.5 Å². The molecule has 9 heteroatoms. The van der Waals surface area contributed by atoms with E-state index >= 15 is 0 Å². The normalized spacial score (nSPS) is 12.7. The number of hydrogen-bond donors (Lipinski definition) is 0. The molecule has 0 fully saturated rings. The highest BCUT2D eigenvalue weighted by atomic mass is 32.1. The second kappa shape index (κ2) is 8.58. The quantitative estimate of drug-likeness (QED) is 0.427. The van der Waals surface area contributed by atoms with Crippen molar-refractivity contribution in [2.45, 2.75) is 25.7 Å². The fraction of sp³-hybridized carbons (Fsp3) is 0.304. The molecule has 1 aliphatic rings. The number of ether oxygens (including phenoxy) is 1. The van der Waals surface area contributed by atoms with E-state index in [2.05, 4.69) is 15.0 Å². The molecule has 0 bridgehead atoms. The van der Waals surface area contributed by atoms with Crippen LogP contribution in [0.5, 0.6) is 5.88 Å². The highest BCUT2D eigenvalue weighted by Gasteiger charge is 2.23. The molecule has 0 N–H and O–H groups in total. The average molecular weight is 447 g/mol. The number of methoxy groups -OCH3 is 1.